The third kappa shape index (κ3) is 2.39. The van der Waals surface area contributed by atoms with Gasteiger partial charge in [-0.1, -0.05) is 0 Å². The van der Waals surface area contributed by atoms with Crippen LogP contribution >= 0.6 is 11.3 Å². The van der Waals surface area contributed by atoms with Crippen LogP contribution in [0.5, 0.6) is 0 Å². The summed E-state index contributed by atoms with van der Waals surface area (Å²) in [4.78, 5) is 23.7. The minimum Gasteiger partial charge on any atom is -0.462 e. The second-order valence-electron chi connectivity index (χ2n) is 4.32. The van der Waals surface area contributed by atoms with E-state index in [0.717, 1.165) is 12.8 Å². The van der Waals surface area contributed by atoms with Crippen molar-refractivity contribution in [2.24, 2.45) is 11.1 Å². The number of thiophene rings is 1. The fourth-order valence-electron chi connectivity index (χ4n) is 1.69. The smallest absolute Gasteiger partial charge is 0.341 e. The Hall–Kier alpha value is -1.40. The summed E-state index contributed by atoms with van der Waals surface area (Å²) in [6.45, 7) is 2.41. The van der Waals surface area contributed by atoms with E-state index in [1.165, 1.54) is 11.3 Å². The number of carbonyl (C=O) groups is 2. The molecule has 1 aromatic heterocycles. The molecule has 0 saturated heterocycles. The number of carbonyl (C=O) groups excluding carboxylic acids is 2. The van der Waals surface area contributed by atoms with E-state index in [2.05, 4.69) is 5.32 Å². The van der Waals surface area contributed by atoms with Crippen molar-refractivity contribution in [3.8, 4) is 0 Å². The molecule has 0 aliphatic heterocycles. The van der Waals surface area contributed by atoms with Crippen LogP contribution in [0.3, 0.4) is 0 Å². The molecule has 0 aromatic carbocycles. The Bertz CT molecular complexity index is 466. The maximum Gasteiger partial charge on any atom is 0.341 e. The lowest BCUT2D eigenvalue weighted by molar-refractivity contribution is -0.120. The van der Waals surface area contributed by atoms with Gasteiger partial charge in [-0.05, 0) is 31.2 Å². The lowest BCUT2D eigenvalue weighted by atomic mass is 10.1. The first-order valence-electron chi connectivity index (χ1n) is 5.89. The number of hydrogen-bond donors (Lipinski definition) is 2. The largest absolute Gasteiger partial charge is 0.462 e. The van der Waals surface area contributed by atoms with Gasteiger partial charge in [0.05, 0.1) is 17.6 Å². The molecule has 3 N–H and O–H groups in total. The van der Waals surface area contributed by atoms with E-state index >= 15 is 0 Å². The van der Waals surface area contributed by atoms with E-state index in [4.69, 9.17) is 10.5 Å². The van der Waals surface area contributed by atoms with Crippen molar-refractivity contribution in [3.05, 3.63) is 17.0 Å². The van der Waals surface area contributed by atoms with Gasteiger partial charge in [0, 0.05) is 6.54 Å². The molecular weight excluding hydrogens is 252 g/mol. The summed E-state index contributed by atoms with van der Waals surface area (Å²) in [6, 6.07) is 1.65. The van der Waals surface area contributed by atoms with Crippen molar-refractivity contribution >= 4 is 28.2 Å². The molecule has 1 saturated carbocycles. The number of hydrogen-bond acceptors (Lipinski definition) is 5. The first kappa shape index (κ1) is 13.0. The van der Waals surface area contributed by atoms with Gasteiger partial charge in [-0.2, -0.15) is 0 Å². The van der Waals surface area contributed by atoms with Crippen LogP contribution in [0, 0.1) is 5.41 Å². The summed E-state index contributed by atoms with van der Waals surface area (Å²) in [5.74, 6) is -0.510. The molecule has 1 heterocycles. The molecule has 98 valence electrons. The number of esters is 1. The highest BCUT2D eigenvalue weighted by atomic mass is 32.1. The molecular formula is C12H16N2O3S. The van der Waals surface area contributed by atoms with Gasteiger partial charge in [-0.25, -0.2) is 4.79 Å². The Morgan fingerprint density at radius 1 is 1.56 bits per heavy atom. The lowest BCUT2D eigenvalue weighted by Crippen LogP contribution is -2.31. The third-order valence-corrected chi connectivity index (χ3v) is 3.94. The Labute approximate surface area is 109 Å². The molecule has 2 rings (SSSR count). The van der Waals surface area contributed by atoms with Crippen molar-refractivity contribution in [1.29, 1.82) is 0 Å². The number of rotatable bonds is 5. The summed E-state index contributed by atoms with van der Waals surface area (Å²) in [5.41, 5.74) is 5.58. The summed E-state index contributed by atoms with van der Waals surface area (Å²) in [5, 5.41) is 5.08. The SMILES string of the molecule is CCOC(=O)c1ccsc1NC(=O)C1(CN)CC1. The molecule has 1 aliphatic carbocycles. The van der Waals surface area contributed by atoms with Crippen LogP contribution in [0.2, 0.25) is 0 Å². The van der Waals surface area contributed by atoms with Crippen LogP contribution < -0.4 is 11.1 Å². The molecule has 1 amide bonds. The van der Waals surface area contributed by atoms with Crippen LogP contribution in [0.4, 0.5) is 5.00 Å². The zero-order chi connectivity index (χ0) is 13.2. The van der Waals surface area contributed by atoms with Crippen LogP contribution in [-0.4, -0.2) is 25.0 Å². The Morgan fingerprint density at radius 2 is 2.28 bits per heavy atom. The van der Waals surface area contributed by atoms with Gasteiger partial charge in [-0.3, -0.25) is 4.79 Å². The standard InChI is InChI=1S/C12H16N2O3S/c1-2-17-10(15)8-3-6-18-9(8)14-11(16)12(7-13)4-5-12/h3,6H,2,4-5,7,13H2,1H3,(H,14,16). The van der Waals surface area contributed by atoms with Gasteiger partial charge < -0.3 is 15.8 Å². The lowest BCUT2D eigenvalue weighted by Gasteiger charge is -2.12. The second-order valence-corrected chi connectivity index (χ2v) is 5.24. The molecule has 0 radical (unpaired) electrons. The number of nitrogens with two attached hydrogens (primary N) is 1. The molecule has 1 aliphatic rings. The number of ether oxygens (including phenoxy) is 1. The zero-order valence-electron chi connectivity index (χ0n) is 10.2. The van der Waals surface area contributed by atoms with Crippen molar-refractivity contribution in [3.63, 3.8) is 0 Å². The number of nitrogens with one attached hydrogen (secondary N) is 1. The van der Waals surface area contributed by atoms with Crippen molar-refractivity contribution < 1.29 is 14.3 Å². The highest BCUT2D eigenvalue weighted by Crippen LogP contribution is 2.45. The van der Waals surface area contributed by atoms with Crippen LogP contribution in [0.15, 0.2) is 11.4 Å². The first-order chi connectivity index (χ1) is 8.63. The van der Waals surface area contributed by atoms with E-state index in [1.807, 2.05) is 0 Å². The van der Waals surface area contributed by atoms with Gasteiger partial charge in [0.2, 0.25) is 5.91 Å². The van der Waals surface area contributed by atoms with Gasteiger partial charge in [0.15, 0.2) is 0 Å². The van der Waals surface area contributed by atoms with E-state index in [0.29, 0.717) is 23.7 Å². The van der Waals surface area contributed by atoms with E-state index in [9.17, 15) is 9.59 Å². The van der Waals surface area contributed by atoms with Crippen molar-refractivity contribution in [2.75, 3.05) is 18.5 Å². The monoisotopic (exact) mass is 268 g/mol. The summed E-state index contributed by atoms with van der Waals surface area (Å²) in [6.07, 6.45) is 1.63. The Morgan fingerprint density at radius 3 is 2.83 bits per heavy atom. The third-order valence-electron chi connectivity index (χ3n) is 3.11. The Balaban J connectivity index is 2.08. The normalized spacial score (nSPS) is 16.1. The van der Waals surface area contributed by atoms with Gasteiger partial charge >= 0.3 is 5.97 Å². The van der Waals surface area contributed by atoms with E-state index in [1.54, 1.807) is 18.4 Å². The first-order valence-corrected chi connectivity index (χ1v) is 6.77. The minimum atomic E-state index is -0.421. The highest BCUT2D eigenvalue weighted by Gasteiger charge is 2.48. The number of anilines is 1. The maximum absolute atomic E-state index is 12.0. The quantitative estimate of drug-likeness (QED) is 0.795. The Kier molecular flexibility index (Phi) is 3.68. The minimum absolute atomic E-state index is 0.0991. The summed E-state index contributed by atoms with van der Waals surface area (Å²) < 4.78 is 4.93. The van der Waals surface area contributed by atoms with Crippen LogP contribution in [0.25, 0.3) is 0 Å². The summed E-state index contributed by atoms with van der Waals surface area (Å²) >= 11 is 1.31. The average Bonchev–Trinajstić information content (AvgIpc) is 3.03. The molecule has 0 spiro atoms. The molecule has 5 nitrogen and oxygen atoms in total. The maximum atomic E-state index is 12.0. The van der Waals surface area contributed by atoms with Crippen LogP contribution in [0.1, 0.15) is 30.1 Å². The predicted molar refractivity (Wildman–Crippen MR) is 69.6 cm³/mol. The van der Waals surface area contributed by atoms with Crippen molar-refractivity contribution in [1.82, 2.24) is 0 Å². The fourth-order valence-corrected chi connectivity index (χ4v) is 2.46. The summed E-state index contributed by atoms with van der Waals surface area (Å²) in [7, 11) is 0. The van der Waals surface area contributed by atoms with Gasteiger partial charge in [-0.15, -0.1) is 11.3 Å². The van der Waals surface area contributed by atoms with Gasteiger partial charge in [0.25, 0.3) is 0 Å². The topological polar surface area (TPSA) is 81.4 Å². The van der Waals surface area contributed by atoms with Crippen molar-refractivity contribution in [2.45, 2.75) is 19.8 Å². The molecule has 18 heavy (non-hydrogen) atoms. The molecule has 0 atom stereocenters. The zero-order valence-corrected chi connectivity index (χ0v) is 11.0. The predicted octanol–water partition coefficient (Wildman–Crippen LogP) is 1.60. The fraction of sp³-hybridized carbons (Fsp3) is 0.500. The van der Waals surface area contributed by atoms with E-state index in [-0.39, 0.29) is 5.91 Å². The molecule has 1 aromatic rings. The highest BCUT2D eigenvalue weighted by molar-refractivity contribution is 7.14. The average molecular weight is 268 g/mol. The molecule has 6 heteroatoms. The van der Waals surface area contributed by atoms with E-state index < -0.39 is 11.4 Å². The second kappa shape index (κ2) is 5.07. The van der Waals surface area contributed by atoms with Crippen LogP contribution in [-0.2, 0) is 9.53 Å². The molecule has 1 fully saturated rings. The molecule has 0 bridgehead atoms. The number of amides is 1. The van der Waals surface area contributed by atoms with Gasteiger partial charge in [0.1, 0.15) is 5.00 Å². The molecule has 0 unspecified atom stereocenters.